The second-order valence-electron chi connectivity index (χ2n) is 6.56. The lowest BCUT2D eigenvalue weighted by Crippen LogP contribution is -2.38. The molecule has 1 amide bonds. The molecule has 1 aromatic heterocycles. The van der Waals surface area contributed by atoms with Gasteiger partial charge in [0.25, 0.3) is 0 Å². The quantitative estimate of drug-likeness (QED) is 0.885. The molecule has 2 aromatic rings. The van der Waals surface area contributed by atoms with Crippen molar-refractivity contribution in [2.24, 2.45) is 13.0 Å². The minimum absolute atomic E-state index is 0.00976. The van der Waals surface area contributed by atoms with Gasteiger partial charge in [-0.15, -0.1) is 0 Å². The van der Waals surface area contributed by atoms with Crippen LogP contribution >= 0.6 is 0 Å². The zero-order valence-corrected chi connectivity index (χ0v) is 14.5. The molecule has 0 unspecified atom stereocenters. The van der Waals surface area contributed by atoms with E-state index in [4.69, 9.17) is 0 Å². The average molecular weight is 326 g/mol. The molecule has 1 saturated heterocycles. The number of nitrogens with zero attached hydrogens (tertiary/aromatic N) is 3. The Labute approximate surface area is 143 Å². The summed E-state index contributed by atoms with van der Waals surface area (Å²) in [7, 11) is 1.92. The molecule has 0 spiro atoms. The third kappa shape index (κ3) is 3.67. The minimum Gasteiger partial charge on any atom is -0.338 e. The molecule has 5 heteroatoms. The van der Waals surface area contributed by atoms with Gasteiger partial charge in [0.15, 0.2) is 0 Å². The van der Waals surface area contributed by atoms with E-state index >= 15 is 0 Å². The third-order valence-electron chi connectivity index (χ3n) is 4.71. The van der Waals surface area contributed by atoms with E-state index in [1.54, 1.807) is 0 Å². The Balaban J connectivity index is 1.76. The molecule has 0 bridgehead atoms. The van der Waals surface area contributed by atoms with Crippen molar-refractivity contribution >= 4 is 5.91 Å². The standard InChI is InChI=1S/C19H26N4O/c1-3-9-23(13-15-7-5-4-6-8-15)19(24)18-12-20-11-17(18)16-10-21-22(2)14-16/h4-8,10,14,17-18,20H,3,9,11-13H2,1-2H3/t17-,18+/m1/s1. The van der Waals surface area contributed by atoms with Crippen molar-refractivity contribution < 1.29 is 4.79 Å². The highest BCUT2D eigenvalue weighted by atomic mass is 16.2. The van der Waals surface area contributed by atoms with E-state index in [1.807, 2.05) is 47.2 Å². The number of rotatable bonds is 6. The van der Waals surface area contributed by atoms with Gasteiger partial charge in [-0.05, 0) is 17.5 Å². The van der Waals surface area contributed by atoms with Crippen molar-refractivity contribution in [1.82, 2.24) is 20.0 Å². The van der Waals surface area contributed by atoms with E-state index in [-0.39, 0.29) is 17.7 Å². The highest BCUT2D eigenvalue weighted by Gasteiger charge is 2.36. The smallest absolute Gasteiger partial charge is 0.227 e. The lowest BCUT2D eigenvalue weighted by Gasteiger charge is -2.27. The van der Waals surface area contributed by atoms with Crippen molar-refractivity contribution in [3.8, 4) is 0 Å². The van der Waals surface area contributed by atoms with Crippen LogP contribution in [0.1, 0.15) is 30.4 Å². The summed E-state index contributed by atoms with van der Waals surface area (Å²) in [6.45, 7) is 5.19. The molecule has 2 heterocycles. The van der Waals surface area contributed by atoms with Crippen LogP contribution in [0.4, 0.5) is 0 Å². The van der Waals surface area contributed by atoms with Gasteiger partial charge in [-0.25, -0.2) is 0 Å². The highest BCUT2D eigenvalue weighted by molar-refractivity contribution is 5.80. The van der Waals surface area contributed by atoms with Crippen LogP contribution in [-0.4, -0.2) is 40.2 Å². The average Bonchev–Trinajstić information content (AvgIpc) is 3.23. The summed E-state index contributed by atoms with van der Waals surface area (Å²) in [5.41, 5.74) is 2.33. The van der Waals surface area contributed by atoms with Gasteiger partial charge < -0.3 is 10.2 Å². The number of hydrogen-bond donors (Lipinski definition) is 1. The lowest BCUT2D eigenvalue weighted by atomic mass is 9.89. The summed E-state index contributed by atoms with van der Waals surface area (Å²) in [4.78, 5) is 15.2. The highest BCUT2D eigenvalue weighted by Crippen LogP contribution is 2.29. The maximum Gasteiger partial charge on any atom is 0.227 e. The molecule has 1 aliphatic rings. The van der Waals surface area contributed by atoms with Crippen molar-refractivity contribution in [1.29, 1.82) is 0 Å². The summed E-state index contributed by atoms with van der Waals surface area (Å²) >= 11 is 0. The number of aryl methyl sites for hydroxylation is 1. The van der Waals surface area contributed by atoms with Crippen molar-refractivity contribution in [2.45, 2.75) is 25.8 Å². The third-order valence-corrected chi connectivity index (χ3v) is 4.71. The molecule has 3 rings (SSSR count). The molecule has 0 radical (unpaired) electrons. The Kier molecular flexibility index (Phi) is 5.30. The Bertz CT molecular complexity index is 667. The number of benzene rings is 1. The number of carbonyl (C=O) groups excluding carboxylic acids is 1. The zero-order chi connectivity index (χ0) is 16.9. The molecule has 1 aromatic carbocycles. The number of nitrogens with one attached hydrogen (secondary N) is 1. The van der Waals surface area contributed by atoms with Crippen LogP contribution in [0.25, 0.3) is 0 Å². The summed E-state index contributed by atoms with van der Waals surface area (Å²) in [6.07, 6.45) is 4.88. The minimum atomic E-state index is -0.00976. The van der Waals surface area contributed by atoms with Crippen molar-refractivity contribution in [2.75, 3.05) is 19.6 Å². The van der Waals surface area contributed by atoms with Gasteiger partial charge in [-0.3, -0.25) is 9.48 Å². The van der Waals surface area contributed by atoms with Gasteiger partial charge in [0.1, 0.15) is 0 Å². The van der Waals surface area contributed by atoms with Crippen LogP contribution in [-0.2, 0) is 18.4 Å². The molecule has 0 saturated carbocycles. The molecular formula is C19H26N4O. The summed E-state index contributed by atoms with van der Waals surface area (Å²) in [5, 5.41) is 7.66. The van der Waals surface area contributed by atoms with E-state index in [0.717, 1.165) is 31.6 Å². The predicted octanol–water partition coefficient (Wildman–Crippen LogP) is 2.16. The number of amides is 1. The van der Waals surface area contributed by atoms with Crippen molar-refractivity contribution in [3.05, 3.63) is 53.9 Å². The molecule has 1 fully saturated rings. The van der Waals surface area contributed by atoms with Gasteiger partial charge in [0.05, 0.1) is 12.1 Å². The van der Waals surface area contributed by atoms with Gasteiger partial charge in [0.2, 0.25) is 5.91 Å². The van der Waals surface area contributed by atoms with Gasteiger partial charge in [-0.1, -0.05) is 37.3 Å². The molecule has 1 N–H and O–H groups in total. The first-order valence-corrected chi connectivity index (χ1v) is 8.71. The Morgan fingerprint density at radius 2 is 2.12 bits per heavy atom. The van der Waals surface area contributed by atoms with Crippen molar-refractivity contribution in [3.63, 3.8) is 0 Å². The van der Waals surface area contributed by atoms with Gasteiger partial charge in [0, 0.05) is 45.3 Å². The lowest BCUT2D eigenvalue weighted by molar-refractivity contribution is -0.136. The fourth-order valence-electron chi connectivity index (χ4n) is 3.50. The van der Waals surface area contributed by atoms with E-state index < -0.39 is 0 Å². The molecule has 0 aliphatic carbocycles. The second kappa shape index (κ2) is 7.62. The first-order valence-electron chi connectivity index (χ1n) is 8.71. The fourth-order valence-corrected chi connectivity index (χ4v) is 3.50. The second-order valence-corrected chi connectivity index (χ2v) is 6.56. The summed E-state index contributed by atoms with van der Waals surface area (Å²) in [6, 6.07) is 10.2. The first-order chi connectivity index (χ1) is 11.7. The molecule has 5 nitrogen and oxygen atoms in total. The Morgan fingerprint density at radius 1 is 1.33 bits per heavy atom. The molecule has 128 valence electrons. The van der Waals surface area contributed by atoms with E-state index in [2.05, 4.69) is 29.5 Å². The topological polar surface area (TPSA) is 50.2 Å². The number of aromatic nitrogens is 2. The largest absolute Gasteiger partial charge is 0.338 e. The number of carbonyl (C=O) groups is 1. The van der Waals surface area contributed by atoms with E-state index in [0.29, 0.717) is 6.54 Å². The molecule has 24 heavy (non-hydrogen) atoms. The molecule has 2 atom stereocenters. The van der Waals surface area contributed by atoms with Crippen LogP contribution in [0.15, 0.2) is 42.7 Å². The zero-order valence-electron chi connectivity index (χ0n) is 14.5. The van der Waals surface area contributed by atoms with Crippen LogP contribution in [0.2, 0.25) is 0 Å². The first kappa shape index (κ1) is 16.7. The SMILES string of the molecule is CCCN(Cc1ccccc1)C(=O)[C@H]1CNC[C@@H]1c1cnn(C)c1. The number of hydrogen-bond acceptors (Lipinski definition) is 3. The van der Waals surface area contributed by atoms with Crippen LogP contribution in [0, 0.1) is 5.92 Å². The Morgan fingerprint density at radius 3 is 2.79 bits per heavy atom. The van der Waals surface area contributed by atoms with Crippen LogP contribution in [0.5, 0.6) is 0 Å². The molecular weight excluding hydrogens is 300 g/mol. The monoisotopic (exact) mass is 326 g/mol. The maximum atomic E-state index is 13.2. The van der Waals surface area contributed by atoms with Gasteiger partial charge in [-0.2, -0.15) is 5.10 Å². The van der Waals surface area contributed by atoms with E-state index in [9.17, 15) is 4.79 Å². The predicted molar refractivity (Wildman–Crippen MR) is 94.5 cm³/mol. The van der Waals surface area contributed by atoms with E-state index in [1.165, 1.54) is 5.56 Å². The normalized spacial score (nSPS) is 20.2. The van der Waals surface area contributed by atoms with Crippen LogP contribution < -0.4 is 5.32 Å². The maximum absolute atomic E-state index is 13.2. The Hall–Kier alpha value is -2.14. The summed E-state index contributed by atoms with van der Waals surface area (Å²) < 4.78 is 1.81. The van der Waals surface area contributed by atoms with Crippen LogP contribution in [0.3, 0.4) is 0 Å². The fraction of sp³-hybridized carbons (Fsp3) is 0.474. The molecule has 1 aliphatic heterocycles. The summed E-state index contributed by atoms with van der Waals surface area (Å²) in [5.74, 6) is 0.449. The van der Waals surface area contributed by atoms with Gasteiger partial charge >= 0.3 is 0 Å².